The minimum atomic E-state index is -0.268. The fourth-order valence-corrected chi connectivity index (χ4v) is 4.51. The number of thioether (sulfide) groups is 1. The van der Waals surface area contributed by atoms with Crippen LogP contribution in [0.25, 0.3) is 0 Å². The van der Waals surface area contributed by atoms with E-state index in [4.69, 9.17) is 18.9 Å². The van der Waals surface area contributed by atoms with Crippen LogP contribution in [0.2, 0.25) is 0 Å². The van der Waals surface area contributed by atoms with Gasteiger partial charge in [-0.05, 0) is 54.8 Å². The first kappa shape index (κ1) is 27.0. The summed E-state index contributed by atoms with van der Waals surface area (Å²) in [7, 11) is 5.28. The van der Waals surface area contributed by atoms with Crippen molar-refractivity contribution in [3.63, 3.8) is 0 Å². The Labute approximate surface area is 226 Å². The van der Waals surface area contributed by atoms with Crippen molar-refractivity contribution >= 4 is 23.5 Å². The van der Waals surface area contributed by atoms with Crippen LogP contribution >= 0.6 is 11.8 Å². The lowest BCUT2D eigenvalue weighted by Gasteiger charge is -2.19. The van der Waals surface area contributed by atoms with E-state index in [0.717, 1.165) is 41.4 Å². The molecule has 0 bridgehead atoms. The average molecular weight is 534 g/mol. The number of anilines is 1. The summed E-state index contributed by atoms with van der Waals surface area (Å²) < 4.78 is 16.5. The summed E-state index contributed by atoms with van der Waals surface area (Å²) in [6.07, 6.45) is 4.23. The highest BCUT2D eigenvalue weighted by Crippen LogP contribution is 2.28. The number of benzene rings is 1. The number of rotatable bonds is 12. The molecule has 0 unspecified atom stereocenters. The minimum Gasteiger partial charge on any atom is -0.493 e. The zero-order valence-electron chi connectivity index (χ0n) is 21.9. The number of furan rings is 1. The van der Waals surface area contributed by atoms with Crippen molar-refractivity contribution in [1.29, 1.82) is 0 Å². The third-order valence-electron chi connectivity index (χ3n) is 5.80. The molecule has 1 aromatic carbocycles. The number of likely N-dealkylation sites (N-methyl/N-ethyl adjacent to an activating group) is 1. The van der Waals surface area contributed by atoms with Gasteiger partial charge < -0.3 is 24.1 Å². The highest BCUT2D eigenvalue weighted by Gasteiger charge is 2.13. The molecule has 0 saturated heterocycles. The van der Waals surface area contributed by atoms with Crippen LogP contribution in [0.3, 0.4) is 0 Å². The Bertz CT molecular complexity index is 1360. The Morgan fingerprint density at radius 2 is 1.89 bits per heavy atom. The van der Waals surface area contributed by atoms with E-state index in [0.29, 0.717) is 29.0 Å². The number of amides is 1. The molecular formula is C28H31N5O4S. The molecule has 38 heavy (non-hydrogen) atoms. The molecule has 10 heteroatoms. The highest BCUT2D eigenvalue weighted by molar-refractivity contribution is 7.98. The molecule has 0 fully saturated rings. The summed E-state index contributed by atoms with van der Waals surface area (Å²) in [6.45, 7) is 3.11. The number of methoxy groups -OCH3 is 2. The number of hydrogen-bond donors (Lipinski definition) is 1. The van der Waals surface area contributed by atoms with Crippen molar-refractivity contribution in [2.24, 2.45) is 0 Å². The van der Waals surface area contributed by atoms with Gasteiger partial charge in [0.25, 0.3) is 5.91 Å². The van der Waals surface area contributed by atoms with E-state index in [1.54, 1.807) is 38.7 Å². The Kier molecular flexibility index (Phi) is 9.21. The second-order valence-electron chi connectivity index (χ2n) is 8.61. The second kappa shape index (κ2) is 13.0. The zero-order valence-corrected chi connectivity index (χ0v) is 22.7. The first-order valence-corrected chi connectivity index (χ1v) is 13.1. The molecule has 1 N–H and O–H groups in total. The Balaban J connectivity index is 1.32. The van der Waals surface area contributed by atoms with Gasteiger partial charge in [0.1, 0.15) is 11.6 Å². The number of ether oxygens (including phenoxy) is 2. The minimum absolute atomic E-state index is 0.268. The molecule has 1 amide bonds. The molecular weight excluding hydrogens is 502 g/mol. The van der Waals surface area contributed by atoms with Crippen molar-refractivity contribution in [3.8, 4) is 11.5 Å². The van der Waals surface area contributed by atoms with Gasteiger partial charge in [0.15, 0.2) is 22.4 Å². The van der Waals surface area contributed by atoms with Gasteiger partial charge >= 0.3 is 0 Å². The van der Waals surface area contributed by atoms with Crippen molar-refractivity contribution in [2.75, 3.05) is 32.7 Å². The standard InChI is InChI=1S/C28H31N5O4S/c1-19-14-26(33(2)13-11-20-7-9-23(35-3)25(15-20)36-4)32-28(31-19)38-18-22-8-10-24(37-22)27(34)30-17-21-6-5-12-29-16-21/h5-10,12,14-16H,11,13,17-18H2,1-4H3,(H,30,34). The molecule has 0 aliphatic heterocycles. The molecule has 0 radical (unpaired) electrons. The topological polar surface area (TPSA) is 103 Å². The Hall–Kier alpha value is -4.05. The quantitative estimate of drug-likeness (QED) is 0.205. The van der Waals surface area contributed by atoms with Crippen LogP contribution in [0, 0.1) is 6.92 Å². The largest absolute Gasteiger partial charge is 0.493 e. The fourth-order valence-electron chi connectivity index (χ4n) is 3.72. The third kappa shape index (κ3) is 7.25. The molecule has 4 rings (SSSR count). The molecule has 9 nitrogen and oxygen atoms in total. The number of aromatic nitrogens is 3. The normalized spacial score (nSPS) is 10.7. The number of aryl methyl sites for hydroxylation is 1. The lowest BCUT2D eigenvalue weighted by molar-refractivity contribution is 0.0921. The number of nitrogens with one attached hydrogen (secondary N) is 1. The van der Waals surface area contributed by atoms with Crippen LogP contribution in [0.5, 0.6) is 11.5 Å². The SMILES string of the molecule is COc1ccc(CCN(C)c2cc(C)nc(SCc3ccc(C(=O)NCc4cccnc4)o3)n2)cc1OC. The van der Waals surface area contributed by atoms with Gasteiger partial charge in [0.2, 0.25) is 0 Å². The zero-order chi connectivity index (χ0) is 26.9. The van der Waals surface area contributed by atoms with E-state index in [9.17, 15) is 4.79 Å². The van der Waals surface area contributed by atoms with Gasteiger partial charge in [-0.15, -0.1) is 0 Å². The van der Waals surface area contributed by atoms with Crippen LogP contribution in [0.15, 0.2) is 70.5 Å². The second-order valence-corrected chi connectivity index (χ2v) is 9.55. The number of nitrogens with zero attached hydrogens (tertiary/aromatic N) is 4. The maximum atomic E-state index is 12.4. The van der Waals surface area contributed by atoms with E-state index in [1.807, 2.05) is 50.4 Å². The molecule has 198 valence electrons. The van der Waals surface area contributed by atoms with Crippen LogP contribution in [0.4, 0.5) is 5.82 Å². The lowest BCUT2D eigenvalue weighted by Crippen LogP contribution is -2.22. The van der Waals surface area contributed by atoms with Gasteiger partial charge in [-0.1, -0.05) is 23.9 Å². The number of pyridine rings is 1. The fraction of sp³-hybridized carbons (Fsp3) is 0.286. The predicted molar refractivity (Wildman–Crippen MR) is 147 cm³/mol. The smallest absolute Gasteiger partial charge is 0.287 e. The first-order chi connectivity index (χ1) is 18.4. The van der Waals surface area contributed by atoms with E-state index < -0.39 is 0 Å². The highest BCUT2D eigenvalue weighted by atomic mass is 32.2. The van der Waals surface area contributed by atoms with E-state index in [1.165, 1.54) is 11.8 Å². The van der Waals surface area contributed by atoms with Crippen molar-refractivity contribution < 1.29 is 18.7 Å². The van der Waals surface area contributed by atoms with Gasteiger partial charge in [-0.25, -0.2) is 9.97 Å². The van der Waals surface area contributed by atoms with Crippen molar-refractivity contribution in [2.45, 2.75) is 30.8 Å². The maximum absolute atomic E-state index is 12.4. The molecule has 0 saturated carbocycles. The molecule has 0 aliphatic rings. The molecule has 0 spiro atoms. The predicted octanol–water partition coefficient (Wildman–Crippen LogP) is 4.69. The van der Waals surface area contributed by atoms with Crippen molar-refractivity contribution in [3.05, 3.63) is 89.3 Å². The lowest BCUT2D eigenvalue weighted by atomic mass is 10.1. The van der Waals surface area contributed by atoms with Crippen molar-refractivity contribution in [1.82, 2.24) is 20.3 Å². The Morgan fingerprint density at radius 1 is 1.05 bits per heavy atom. The average Bonchev–Trinajstić information content (AvgIpc) is 3.43. The third-order valence-corrected chi connectivity index (χ3v) is 6.67. The Morgan fingerprint density at radius 3 is 2.66 bits per heavy atom. The molecule has 0 atom stereocenters. The molecule has 0 aliphatic carbocycles. The molecule has 3 heterocycles. The van der Waals surface area contributed by atoms with E-state index >= 15 is 0 Å². The molecule has 4 aromatic rings. The maximum Gasteiger partial charge on any atom is 0.287 e. The first-order valence-electron chi connectivity index (χ1n) is 12.1. The van der Waals surface area contributed by atoms with Crippen LogP contribution in [-0.2, 0) is 18.7 Å². The van der Waals surface area contributed by atoms with Gasteiger partial charge in [-0.2, -0.15) is 0 Å². The summed E-state index contributed by atoms with van der Waals surface area (Å²) in [5.41, 5.74) is 2.95. The summed E-state index contributed by atoms with van der Waals surface area (Å²) in [4.78, 5) is 27.9. The number of carbonyl (C=O) groups excluding carboxylic acids is 1. The summed E-state index contributed by atoms with van der Waals surface area (Å²) in [5.74, 6) is 3.46. The van der Waals surface area contributed by atoms with Gasteiger partial charge in [0, 0.05) is 44.3 Å². The van der Waals surface area contributed by atoms with Crippen LogP contribution in [-0.4, -0.2) is 48.7 Å². The number of carbonyl (C=O) groups is 1. The summed E-state index contributed by atoms with van der Waals surface area (Å²) in [5, 5.41) is 3.49. The monoisotopic (exact) mass is 533 g/mol. The van der Waals surface area contributed by atoms with Crippen LogP contribution < -0.4 is 19.7 Å². The van der Waals surface area contributed by atoms with E-state index in [-0.39, 0.29) is 11.7 Å². The summed E-state index contributed by atoms with van der Waals surface area (Å²) >= 11 is 1.46. The van der Waals surface area contributed by atoms with E-state index in [2.05, 4.69) is 20.2 Å². The van der Waals surface area contributed by atoms with Gasteiger partial charge in [0.05, 0.1) is 20.0 Å². The molecule has 3 aromatic heterocycles. The van der Waals surface area contributed by atoms with Crippen LogP contribution in [0.1, 0.15) is 33.1 Å². The van der Waals surface area contributed by atoms with Gasteiger partial charge in [-0.3, -0.25) is 9.78 Å². The summed E-state index contributed by atoms with van der Waals surface area (Å²) in [6, 6.07) is 15.1. The number of hydrogen-bond acceptors (Lipinski definition) is 9.